The lowest BCUT2D eigenvalue weighted by molar-refractivity contribution is -0.128. The molecule has 0 spiro atoms. The van der Waals surface area contributed by atoms with E-state index in [9.17, 15) is 9.59 Å². The van der Waals surface area contributed by atoms with Crippen LogP contribution in [-0.2, 0) is 9.59 Å². The van der Waals surface area contributed by atoms with E-state index >= 15 is 0 Å². The van der Waals surface area contributed by atoms with Crippen LogP contribution in [-0.4, -0.2) is 23.4 Å². The van der Waals surface area contributed by atoms with Crippen molar-refractivity contribution >= 4 is 12.1 Å². The molecule has 0 bridgehead atoms. The Balaban J connectivity index is 1.76. The van der Waals surface area contributed by atoms with Crippen LogP contribution in [0.1, 0.15) is 116 Å². The summed E-state index contributed by atoms with van der Waals surface area (Å²) in [5.41, 5.74) is 23.5. The van der Waals surface area contributed by atoms with Gasteiger partial charge in [-0.1, -0.05) is 38.5 Å². The van der Waals surface area contributed by atoms with E-state index in [1.165, 1.54) is 25.7 Å². The van der Waals surface area contributed by atoms with E-state index in [4.69, 9.17) is 22.9 Å². The molecule has 180 valence electrons. The first-order valence-electron chi connectivity index (χ1n) is 12.9. The van der Waals surface area contributed by atoms with Crippen LogP contribution in [0.4, 0.5) is 0 Å². The minimum atomic E-state index is -0.562. The van der Waals surface area contributed by atoms with Gasteiger partial charge in [0, 0.05) is 18.8 Å². The predicted molar refractivity (Wildman–Crippen MR) is 127 cm³/mol. The topological polar surface area (TPSA) is 138 Å². The molecule has 8 N–H and O–H groups in total. The number of nitrogens with two attached hydrogens (primary N) is 4. The normalized spacial score (nSPS) is 22.0. The Kier molecular flexibility index (Phi) is 11.1. The van der Waals surface area contributed by atoms with E-state index in [0.717, 1.165) is 83.3 Å². The van der Waals surface area contributed by atoms with E-state index in [1.807, 2.05) is 0 Å². The average molecular weight is 437 g/mol. The van der Waals surface area contributed by atoms with Gasteiger partial charge in [-0.2, -0.15) is 0 Å². The van der Waals surface area contributed by atoms with Gasteiger partial charge in [-0.25, -0.2) is 0 Å². The molecule has 6 heteroatoms. The Morgan fingerprint density at radius 3 is 1.52 bits per heavy atom. The summed E-state index contributed by atoms with van der Waals surface area (Å²) in [5, 5.41) is 0. The smallest absolute Gasteiger partial charge is 0.136 e. The summed E-state index contributed by atoms with van der Waals surface area (Å²) in [7, 11) is 0. The highest BCUT2D eigenvalue weighted by molar-refractivity contribution is 5.81. The summed E-state index contributed by atoms with van der Waals surface area (Å²) in [6, 6.07) is 0. The summed E-state index contributed by atoms with van der Waals surface area (Å²) in [5.74, 6) is 1.40. The molecule has 2 fully saturated rings. The first-order chi connectivity index (χ1) is 14.7. The van der Waals surface area contributed by atoms with Gasteiger partial charge in [0.2, 0.25) is 0 Å². The van der Waals surface area contributed by atoms with Crippen LogP contribution in [0.5, 0.6) is 0 Å². The lowest BCUT2D eigenvalue weighted by Gasteiger charge is -2.43. The van der Waals surface area contributed by atoms with Crippen LogP contribution in [0.3, 0.4) is 0 Å². The summed E-state index contributed by atoms with van der Waals surface area (Å²) in [4.78, 5) is 23.7. The largest absolute Gasteiger partial charge is 0.313 e. The Labute approximate surface area is 189 Å². The molecule has 0 saturated heterocycles. The van der Waals surface area contributed by atoms with Gasteiger partial charge in [0.25, 0.3) is 0 Å². The standard InChI is InChI=1S/C25H48N4O2/c26-24(27)15-11-20(12-16-24)23(21-13-17-25(28,29)18-14-21)22(31)10-8-6-4-2-1-3-5-7-9-19-30/h19-21,23H,1-18,26-29H2. The van der Waals surface area contributed by atoms with Gasteiger partial charge < -0.3 is 27.7 Å². The van der Waals surface area contributed by atoms with E-state index in [1.54, 1.807) is 0 Å². The number of unbranched alkanes of at least 4 members (excludes halogenated alkanes) is 8. The molecule has 31 heavy (non-hydrogen) atoms. The molecule has 0 atom stereocenters. The van der Waals surface area contributed by atoms with Gasteiger partial charge in [-0.15, -0.1) is 0 Å². The van der Waals surface area contributed by atoms with Crippen molar-refractivity contribution in [3.63, 3.8) is 0 Å². The van der Waals surface area contributed by atoms with Crippen LogP contribution < -0.4 is 22.9 Å². The van der Waals surface area contributed by atoms with Crippen LogP contribution in [0.15, 0.2) is 0 Å². The van der Waals surface area contributed by atoms with E-state index in [0.29, 0.717) is 30.5 Å². The second kappa shape index (κ2) is 13.0. The number of rotatable bonds is 14. The van der Waals surface area contributed by atoms with Crippen LogP contribution in [0, 0.1) is 17.8 Å². The molecule has 0 heterocycles. The Morgan fingerprint density at radius 2 is 1.10 bits per heavy atom. The summed E-state index contributed by atoms with van der Waals surface area (Å²) in [6.07, 6.45) is 18.6. The van der Waals surface area contributed by atoms with Gasteiger partial charge in [-0.05, 0) is 76.0 Å². The number of ketones is 1. The molecule has 0 aromatic rings. The van der Waals surface area contributed by atoms with Gasteiger partial charge in [0.15, 0.2) is 0 Å². The van der Waals surface area contributed by atoms with Crippen molar-refractivity contribution in [2.75, 3.05) is 0 Å². The minimum Gasteiger partial charge on any atom is -0.313 e. The van der Waals surface area contributed by atoms with Crippen molar-refractivity contribution in [2.45, 2.75) is 127 Å². The molecule has 2 rings (SSSR count). The zero-order chi connectivity index (χ0) is 22.7. The van der Waals surface area contributed by atoms with Gasteiger partial charge in [0.1, 0.15) is 12.1 Å². The van der Waals surface area contributed by atoms with Crippen molar-refractivity contribution in [2.24, 2.45) is 40.7 Å². The third kappa shape index (κ3) is 9.68. The zero-order valence-electron chi connectivity index (χ0n) is 19.7. The number of Topliss-reactive ketones (excluding diaryl/α,β-unsaturated/α-hetero) is 1. The summed E-state index contributed by atoms with van der Waals surface area (Å²) in [6.45, 7) is 0. The first-order valence-corrected chi connectivity index (χ1v) is 12.9. The third-order valence-corrected chi connectivity index (χ3v) is 7.80. The predicted octanol–water partition coefficient (Wildman–Crippen LogP) is 3.88. The third-order valence-electron chi connectivity index (χ3n) is 7.80. The second-order valence-electron chi connectivity index (χ2n) is 10.7. The van der Waals surface area contributed by atoms with E-state index in [2.05, 4.69) is 0 Å². The van der Waals surface area contributed by atoms with Crippen molar-refractivity contribution in [3.05, 3.63) is 0 Å². The molecule has 0 aromatic heterocycles. The van der Waals surface area contributed by atoms with Crippen molar-refractivity contribution in [1.82, 2.24) is 0 Å². The molecule has 0 unspecified atom stereocenters. The molecule has 2 saturated carbocycles. The highest BCUT2D eigenvalue weighted by Crippen LogP contribution is 2.42. The maximum absolute atomic E-state index is 13.3. The fraction of sp³-hybridized carbons (Fsp3) is 0.920. The Morgan fingerprint density at radius 1 is 0.710 bits per heavy atom. The minimum absolute atomic E-state index is 0.130. The lowest BCUT2D eigenvalue weighted by atomic mass is 9.65. The van der Waals surface area contributed by atoms with Crippen molar-refractivity contribution < 1.29 is 9.59 Å². The summed E-state index contributed by atoms with van der Waals surface area (Å²) < 4.78 is 0. The fourth-order valence-electron chi connectivity index (χ4n) is 5.74. The van der Waals surface area contributed by atoms with Crippen molar-refractivity contribution in [1.29, 1.82) is 0 Å². The Hall–Kier alpha value is -0.820. The van der Waals surface area contributed by atoms with Crippen molar-refractivity contribution in [3.8, 4) is 0 Å². The highest BCUT2D eigenvalue weighted by atomic mass is 16.1. The van der Waals surface area contributed by atoms with Crippen LogP contribution in [0.25, 0.3) is 0 Å². The molecule has 2 aliphatic rings. The molecular weight excluding hydrogens is 388 g/mol. The van der Waals surface area contributed by atoms with E-state index < -0.39 is 11.3 Å². The Bertz CT molecular complexity index is 502. The molecule has 6 nitrogen and oxygen atoms in total. The monoisotopic (exact) mass is 436 g/mol. The van der Waals surface area contributed by atoms with E-state index in [-0.39, 0.29) is 5.92 Å². The first kappa shape index (κ1) is 26.4. The quantitative estimate of drug-likeness (QED) is 0.185. The zero-order valence-corrected chi connectivity index (χ0v) is 19.7. The molecule has 0 amide bonds. The number of hydrogen-bond donors (Lipinski definition) is 4. The van der Waals surface area contributed by atoms with Gasteiger partial charge >= 0.3 is 0 Å². The molecule has 0 radical (unpaired) electrons. The number of carbonyl (C=O) groups excluding carboxylic acids is 2. The maximum Gasteiger partial charge on any atom is 0.136 e. The molecular formula is C25H48N4O2. The second-order valence-corrected chi connectivity index (χ2v) is 10.7. The lowest BCUT2D eigenvalue weighted by Crippen LogP contribution is -2.54. The van der Waals surface area contributed by atoms with Gasteiger partial charge in [-0.3, -0.25) is 4.79 Å². The number of aldehydes is 1. The number of carbonyl (C=O) groups is 2. The summed E-state index contributed by atoms with van der Waals surface area (Å²) >= 11 is 0. The highest BCUT2D eigenvalue weighted by Gasteiger charge is 2.41. The van der Waals surface area contributed by atoms with Crippen LogP contribution in [0.2, 0.25) is 0 Å². The molecule has 0 aliphatic heterocycles. The maximum atomic E-state index is 13.3. The van der Waals surface area contributed by atoms with Gasteiger partial charge in [0.05, 0.1) is 11.3 Å². The molecule has 0 aromatic carbocycles. The SMILES string of the molecule is NC1(N)CCC(C(C(=O)CCCCCCCCCCC=O)C2CCC(N)(N)CC2)CC1. The molecule has 2 aliphatic carbocycles. The van der Waals surface area contributed by atoms with Crippen LogP contribution >= 0.6 is 0 Å². The average Bonchev–Trinajstić information content (AvgIpc) is 2.72. The fourth-order valence-corrected chi connectivity index (χ4v) is 5.74. The number of hydrogen-bond acceptors (Lipinski definition) is 6.